The average Bonchev–Trinajstić information content (AvgIpc) is 2.18. The maximum Gasteiger partial charge on any atom is 0.190 e. The summed E-state index contributed by atoms with van der Waals surface area (Å²) >= 11 is 7.39. The number of thioether (sulfide) groups is 1. The minimum absolute atomic E-state index is 0.747. The lowest BCUT2D eigenvalue weighted by molar-refractivity contribution is 1.00. The Morgan fingerprint density at radius 2 is 2.08 bits per heavy atom. The summed E-state index contributed by atoms with van der Waals surface area (Å²) in [6, 6.07) is 7.56. The van der Waals surface area contributed by atoms with E-state index < -0.39 is 5.50 Å². The normalized spacial score (nSPS) is 12.5. The van der Waals surface area contributed by atoms with Gasteiger partial charge in [0.15, 0.2) is 5.50 Å². The van der Waals surface area contributed by atoms with E-state index in [-0.39, 0.29) is 0 Å². The summed E-state index contributed by atoms with van der Waals surface area (Å²) < 4.78 is 0. The molecule has 0 aliphatic rings. The Morgan fingerprint density at radius 3 is 2.54 bits per heavy atom. The van der Waals surface area contributed by atoms with Crippen LogP contribution in [0.1, 0.15) is 18.0 Å². The van der Waals surface area contributed by atoms with E-state index in [4.69, 9.17) is 11.6 Å². The van der Waals surface area contributed by atoms with Gasteiger partial charge in [0.05, 0.1) is 0 Å². The van der Waals surface area contributed by atoms with Gasteiger partial charge < -0.3 is 0 Å². The maximum absolute atomic E-state index is 10.1. The standard InChI is InChI=1S/C9H10ClNOS/c1-2-13-8-5-3-7(4-6-8)9(10)11-12/h3-6,9H,2H2,1H3. The number of rotatable bonds is 4. The van der Waals surface area contributed by atoms with Gasteiger partial charge >= 0.3 is 0 Å². The molecule has 0 aromatic heterocycles. The van der Waals surface area contributed by atoms with Crippen molar-refractivity contribution in [3.8, 4) is 0 Å². The van der Waals surface area contributed by atoms with E-state index in [9.17, 15) is 4.91 Å². The Hall–Kier alpha value is -0.540. The van der Waals surface area contributed by atoms with Gasteiger partial charge in [-0.05, 0) is 28.6 Å². The predicted octanol–water partition coefficient (Wildman–Crippen LogP) is 3.80. The lowest BCUT2D eigenvalue weighted by atomic mass is 10.2. The average molecular weight is 216 g/mol. The molecule has 0 heterocycles. The zero-order valence-corrected chi connectivity index (χ0v) is 8.81. The third-order valence-electron chi connectivity index (χ3n) is 1.56. The molecule has 2 nitrogen and oxygen atoms in total. The molecule has 0 aliphatic carbocycles. The van der Waals surface area contributed by atoms with Gasteiger partial charge in [0, 0.05) is 4.90 Å². The zero-order valence-electron chi connectivity index (χ0n) is 7.24. The highest BCUT2D eigenvalue weighted by Crippen LogP contribution is 2.24. The van der Waals surface area contributed by atoms with Crippen LogP contribution in [0.25, 0.3) is 0 Å². The minimum atomic E-state index is -0.763. The quantitative estimate of drug-likeness (QED) is 0.331. The molecule has 0 radical (unpaired) electrons. The highest BCUT2D eigenvalue weighted by molar-refractivity contribution is 7.99. The van der Waals surface area contributed by atoms with Gasteiger partial charge in [-0.3, -0.25) is 0 Å². The first-order valence-corrected chi connectivity index (χ1v) is 5.39. The lowest BCUT2D eigenvalue weighted by Gasteiger charge is -2.02. The Labute approximate surface area is 86.6 Å². The molecule has 1 aromatic carbocycles. The third-order valence-corrected chi connectivity index (χ3v) is 2.78. The molecule has 13 heavy (non-hydrogen) atoms. The summed E-state index contributed by atoms with van der Waals surface area (Å²) in [5.41, 5.74) is -0.0159. The lowest BCUT2D eigenvalue weighted by Crippen LogP contribution is -1.84. The Morgan fingerprint density at radius 1 is 1.46 bits per heavy atom. The monoisotopic (exact) mass is 215 g/mol. The van der Waals surface area contributed by atoms with Crippen LogP contribution >= 0.6 is 23.4 Å². The van der Waals surface area contributed by atoms with Gasteiger partial charge in [0.2, 0.25) is 0 Å². The van der Waals surface area contributed by atoms with Crippen molar-refractivity contribution in [2.75, 3.05) is 5.75 Å². The Balaban J connectivity index is 2.74. The predicted molar refractivity (Wildman–Crippen MR) is 57.2 cm³/mol. The van der Waals surface area contributed by atoms with Crippen molar-refractivity contribution in [1.29, 1.82) is 0 Å². The fraction of sp³-hybridized carbons (Fsp3) is 0.333. The van der Waals surface area contributed by atoms with Crippen LogP contribution in [0.15, 0.2) is 34.3 Å². The van der Waals surface area contributed by atoms with Gasteiger partial charge in [-0.25, -0.2) is 0 Å². The molecule has 0 fully saturated rings. The Kier molecular flexibility index (Phi) is 4.25. The van der Waals surface area contributed by atoms with Crippen LogP contribution in [-0.2, 0) is 0 Å². The molecule has 1 atom stereocenters. The molecule has 0 spiro atoms. The number of alkyl halides is 1. The molecule has 1 aromatic rings. The molecule has 0 aliphatic heterocycles. The SMILES string of the molecule is CCSc1ccc(C(Cl)N=O)cc1. The summed E-state index contributed by atoms with van der Waals surface area (Å²) in [6.45, 7) is 2.09. The molecule has 1 rings (SSSR count). The largest absolute Gasteiger partial charge is 0.190 e. The van der Waals surface area contributed by atoms with Crippen molar-refractivity contribution >= 4 is 23.4 Å². The first-order chi connectivity index (χ1) is 6.27. The number of hydrogen-bond donors (Lipinski definition) is 0. The maximum atomic E-state index is 10.1. The van der Waals surface area contributed by atoms with E-state index in [0.717, 1.165) is 11.3 Å². The molecule has 0 saturated carbocycles. The smallest absolute Gasteiger partial charge is 0.149 e. The number of hydrogen-bond acceptors (Lipinski definition) is 3. The summed E-state index contributed by atoms with van der Waals surface area (Å²) in [4.78, 5) is 11.3. The van der Waals surface area contributed by atoms with Crippen LogP contribution in [0.4, 0.5) is 0 Å². The van der Waals surface area contributed by atoms with Crippen LogP contribution in [0.5, 0.6) is 0 Å². The molecule has 1 unspecified atom stereocenters. The van der Waals surface area contributed by atoms with Crippen molar-refractivity contribution in [2.45, 2.75) is 17.3 Å². The van der Waals surface area contributed by atoms with Crippen molar-refractivity contribution < 1.29 is 0 Å². The first kappa shape index (κ1) is 10.5. The molecule has 4 heteroatoms. The highest BCUT2D eigenvalue weighted by atomic mass is 35.5. The second kappa shape index (κ2) is 5.25. The summed E-state index contributed by atoms with van der Waals surface area (Å²) in [6.07, 6.45) is 0. The van der Waals surface area contributed by atoms with E-state index in [2.05, 4.69) is 12.1 Å². The van der Waals surface area contributed by atoms with Crippen LogP contribution in [0, 0.1) is 4.91 Å². The minimum Gasteiger partial charge on any atom is -0.149 e. The fourth-order valence-electron chi connectivity index (χ4n) is 0.950. The molecular formula is C9H10ClNOS. The van der Waals surface area contributed by atoms with E-state index >= 15 is 0 Å². The van der Waals surface area contributed by atoms with E-state index in [0.29, 0.717) is 0 Å². The van der Waals surface area contributed by atoms with Gasteiger partial charge in [-0.2, -0.15) is 0 Å². The van der Waals surface area contributed by atoms with Crippen molar-refractivity contribution in [3.63, 3.8) is 0 Å². The molecular weight excluding hydrogens is 206 g/mol. The van der Waals surface area contributed by atoms with Crippen molar-refractivity contribution in [1.82, 2.24) is 0 Å². The molecule has 0 amide bonds. The highest BCUT2D eigenvalue weighted by Gasteiger charge is 2.05. The van der Waals surface area contributed by atoms with Gasteiger partial charge in [0.25, 0.3) is 0 Å². The zero-order chi connectivity index (χ0) is 9.68. The second-order valence-electron chi connectivity index (χ2n) is 2.44. The van der Waals surface area contributed by atoms with Crippen LogP contribution < -0.4 is 0 Å². The van der Waals surface area contributed by atoms with Gasteiger partial charge in [0.1, 0.15) is 0 Å². The topological polar surface area (TPSA) is 29.4 Å². The molecule has 0 N–H and O–H groups in total. The summed E-state index contributed by atoms with van der Waals surface area (Å²) in [7, 11) is 0. The van der Waals surface area contributed by atoms with Crippen molar-refractivity contribution in [2.24, 2.45) is 5.18 Å². The summed E-state index contributed by atoms with van der Waals surface area (Å²) in [5.74, 6) is 1.04. The van der Waals surface area contributed by atoms with Gasteiger partial charge in [-0.15, -0.1) is 16.7 Å². The molecule has 0 bridgehead atoms. The van der Waals surface area contributed by atoms with Crippen molar-refractivity contribution in [3.05, 3.63) is 34.7 Å². The number of nitrogens with zero attached hydrogens (tertiary/aromatic N) is 1. The molecule has 70 valence electrons. The second-order valence-corrected chi connectivity index (χ2v) is 4.19. The molecule has 0 saturated heterocycles. The first-order valence-electron chi connectivity index (χ1n) is 3.97. The number of halogens is 1. The van der Waals surface area contributed by atoms with E-state index in [1.165, 1.54) is 4.90 Å². The fourth-order valence-corrected chi connectivity index (χ4v) is 1.76. The van der Waals surface area contributed by atoms with Gasteiger partial charge in [-0.1, -0.05) is 30.7 Å². The number of nitroso groups, excluding NO2 is 1. The van der Waals surface area contributed by atoms with E-state index in [1.54, 1.807) is 11.8 Å². The van der Waals surface area contributed by atoms with E-state index in [1.807, 2.05) is 24.3 Å². The van der Waals surface area contributed by atoms with Crippen LogP contribution in [-0.4, -0.2) is 5.75 Å². The number of benzene rings is 1. The Bertz CT molecular complexity index is 275. The van der Waals surface area contributed by atoms with Crippen LogP contribution in [0.3, 0.4) is 0 Å². The third kappa shape index (κ3) is 3.01. The summed E-state index contributed by atoms with van der Waals surface area (Å²) in [5, 5.41) is 2.74. The van der Waals surface area contributed by atoms with Crippen LogP contribution in [0.2, 0.25) is 0 Å².